The molecule has 0 aliphatic carbocycles. The van der Waals surface area contributed by atoms with Gasteiger partial charge in [-0.05, 0) is 50.2 Å². The lowest BCUT2D eigenvalue weighted by Crippen LogP contribution is -2.11. The summed E-state index contributed by atoms with van der Waals surface area (Å²) in [6.07, 6.45) is 7.27. The number of hydrogen-bond acceptors (Lipinski definition) is 7. The predicted molar refractivity (Wildman–Crippen MR) is 120 cm³/mol. The average molecular weight is 427 g/mol. The second kappa shape index (κ2) is 7.66. The van der Waals surface area contributed by atoms with Gasteiger partial charge in [0.15, 0.2) is 5.01 Å². The van der Waals surface area contributed by atoms with Crippen LogP contribution in [0.3, 0.4) is 0 Å². The summed E-state index contributed by atoms with van der Waals surface area (Å²) in [6, 6.07) is 14.0. The van der Waals surface area contributed by atoms with Crippen molar-refractivity contribution in [3.8, 4) is 33.2 Å². The molecule has 31 heavy (non-hydrogen) atoms. The molecule has 1 N–H and O–H groups in total. The van der Waals surface area contributed by atoms with Gasteiger partial charge in [-0.25, -0.2) is 4.52 Å². The third-order valence-electron chi connectivity index (χ3n) is 4.71. The summed E-state index contributed by atoms with van der Waals surface area (Å²) in [7, 11) is 0. The standard InChI is InChI=1S/C22H18N8S/c1-14(2)26-18-10-19(20-6-5-16-9-15(11-23)12-25-30(16)20)24-13-17(18)21-27-28-22(31-21)29-7-3-4-8-29/h3-10,12-14H,1-2H3,(H,24,26). The Labute approximate surface area is 182 Å². The van der Waals surface area contributed by atoms with Gasteiger partial charge in [-0.15, -0.1) is 10.2 Å². The molecule has 152 valence electrons. The molecule has 0 saturated carbocycles. The molecule has 8 nitrogen and oxygen atoms in total. The molecule has 5 aromatic heterocycles. The zero-order valence-electron chi connectivity index (χ0n) is 16.9. The van der Waals surface area contributed by atoms with Gasteiger partial charge in [0.1, 0.15) is 6.07 Å². The summed E-state index contributed by atoms with van der Waals surface area (Å²) < 4.78 is 3.73. The van der Waals surface area contributed by atoms with E-state index in [1.54, 1.807) is 10.7 Å². The molecule has 0 unspecified atom stereocenters. The minimum absolute atomic E-state index is 0.228. The van der Waals surface area contributed by atoms with E-state index in [9.17, 15) is 0 Å². The van der Waals surface area contributed by atoms with Crippen molar-refractivity contribution in [1.29, 1.82) is 5.26 Å². The largest absolute Gasteiger partial charge is 0.382 e. The van der Waals surface area contributed by atoms with Crippen LogP contribution in [0.5, 0.6) is 0 Å². The number of pyridine rings is 1. The molecule has 0 aliphatic rings. The molecule has 0 aromatic carbocycles. The van der Waals surface area contributed by atoms with Crippen molar-refractivity contribution in [2.75, 3.05) is 5.32 Å². The van der Waals surface area contributed by atoms with Gasteiger partial charge in [-0.3, -0.25) is 9.55 Å². The Kier molecular flexibility index (Phi) is 4.69. The van der Waals surface area contributed by atoms with Gasteiger partial charge >= 0.3 is 0 Å². The summed E-state index contributed by atoms with van der Waals surface area (Å²) in [6.45, 7) is 4.18. The van der Waals surface area contributed by atoms with Gasteiger partial charge in [0.25, 0.3) is 0 Å². The Bertz CT molecular complexity index is 1410. The summed E-state index contributed by atoms with van der Waals surface area (Å²) in [5, 5.41) is 27.3. The van der Waals surface area contributed by atoms with Gasteiger partial charge in [0, 0.05) is 30.3 Å². The molecule has 5 rings (SSSR count). The fourth-order valence-corrected chi connectivity index (χ4v) is 4.18. The van der Waals surface area contributed by atoms with E-state index in [-0.39, 0.29) is 6.04 Å². The van der Waals surface area contributed by atoms with E-state index in [1.165, 1.54) is 11.3 Å². The SMILES string of the molecule is CC(C)Nc1cc(-c2ccc3cc(C#N)cnn23)ncc1-c1nnc(-n2cccc2)s1. The number of fused-ring (bicyclic) bond motifs is 1. The van der Waals surface area contributed by atoms with Crippen LogP contribution >= 0.6 is 11.3 Å². The molecule has 0 radical (unpaired) electrons. The van der Waals surface area contributed by atoms with Crippen molar-refractivity contribution < 1.29 is 0 Å². The Hall–Kier alpha value is -4.03. The Balaban J connectivity index is 1.58. The fraction of sp³-hybridized carbons (Fsp3) is 0.136. The summed E-state index contributed by atoms with van der Waals surface area (Å²) in [5.74, 6) is 0. The minimum Gasteiger partial charge on any atom is -0.382 e. The van der Waals surface area contributed by atoms with Crippen LogP contribution in [0, 0.1) is 11.3 Å². The van der Waals surface area contributed by atoms with E-state index in [0.717, 1.165) is 38.3 Å². The van der Waals surface area contributed by atoms with Crippen molar-refractivity contribution in [2.45, 2.75) is 19.9 Å². The topological polar surface area (TPSA) is 96.7 Å². The van der Waals surface area contributed by atoms with Crippen LogP contribution in [0.15, 0.2) is 61.2 Å². The lowest BCUT2D eigenvalue weighted by Gasteiger charge is -2.14. The zero-order chi connectivity index (χ0) is 21.4. The fourth-order valence-electron chi connectivity index (χ4n) is 3.34. The van der Waals surface area contributed by atoms with Crippen LogP contribution in [0.25, 0.3) is 32.6 Å². The van der Waals surface area contributed by atoms with Crippen molar-refractivity contribution in [3.63, 3.8) is 0 Å². The first-order valence-corrected chi connectivity index (χ1v) is 10.6. The highest BCUT2D eigenvalue weighted by atomic mass is 32.1. The number of aromatic nitrogens is 6. The van der Waals surface area contributed by atoms with Crippen molar-refractivity contribution in [3.05, 3.63) is 66.7 Å². The zero-order valence-corrected chi connectivity index (χ0v) is 17.7. The molecule has 0 amide bonds. The molecule has 0 saturated heterocycles. The minimum atomic E-state index is 0.228. The monoisotopic (exact) mass is 426 g/mol. The van der Waals surface area contributed by atoms with Gasteiger partial charge in [-0.2, -0.15) is 10.4 Å². The molecule has 5 aromatic rings. The number of anilines is 1. The van der Waals surface area contributed by atoms with Crippen molar-refractivity contribution in [2.24, 2.45) is 0 Å². The molecule has 9 heteroatoms. The first-order valence-electron chi connectivity index (χ1n) is 9.74. The number of nitrogens with zero attached hydrogens (tertiary/aromatic N) is 7. The lowest BCUT2D eigenvalue weighted by molar-refractivity contribution is 0.898. The van der Waals surface area contributed by atoms with E-state index in [4.69, 9.17) is 10.2 Å². The third-order valence-corrected chi connectivity index (χ3v) is 5.68. The highest BCUT2D eigenvalue weighted by molar-refractivity contribution is 7.17. The van der Waals surface area contributed by atoms with E-state index in [1.807, 2.05) is 59.6 Å². The van der Waals surface area contributed by atoms with Crippen LogP contribution in [0.4, 0.5) is 5.69 Å². The molecule has 0 bridgehead atoms. The van der Waals surface area contributed by atoms with E-state index in [2.05, 4.69) is 40.5 Å². The Morgan fingerprint density at radius 3 is 2.71 bits per heavy atom. The Morgan fingerprint density at radius 2 is 1.94 bits per heavy atom. The molecule has 0 spiro atoms. The first kappa shape index (κ1) is 19.0. The van der Waals surface area contributed by atoms with Crippen molar-refractivity contribution in [1.82, 2.24) is 29.4 Å². The summed E-state index contributed by atoms with van der Waals surface area (Å²) in [5.41, 5.74) is 4.83. The van der Waals surface area contributed by atoms with Crippen LogP contribution in [-0.2, 0) is 0 Å². The van der Waals surface area contributed by atoms with Crippen LogP contribution in [0.2, 0.25) is 0 Å². The van der Waals surface area contributed by atoms with Gasteiger partial charge < -0.3 is 5.32 Å². The molecule has 0 aliphatic heterocycles. The van der Waals surface area contributed by atoms with Crippen LogP contribution in [-0.4, -0.2) is 35.4 Å². The Morgan fingerprint density at radius 1 is 1.10 bits per heavy atom. The predicted octanol–water partition coefficient (Wildman–Crippen LogP) is 4.40. The highest BCUT2D eigenvalue weighted by Crippen LogP contribution is 2.34. The third kappa shape index (κ3) is 3.53. The molecule has 0 atom stereocenters. The van der Waals surface area contributed by atoms with Crippen LogP contribution < -0.4 is 5.32 Å². The lowest BCUT2D eigenvalue weighted by atomic mass is 10.1. The maximum Gasteiger partial charge on any atom is 0.216 e. The maximum absolute atomic E-state index is 9.11. The highest BCUT2D eigenvalue weighted by Gasteiger charge is 2.16. The molecular formula is C22H18N8S. The number of hydrogen-bond donors (Lipinski definition) is 1. The second-order valence-electron chi connectivity index (χ2n) is 7.31. The summed E-state index contributed by atoms with van der Waals surface area (Å²) >= 11 is 1.51. The smallest absolute Gasteiger partial charge is 0.216 e. The van der Waals surface area contributed by atoms with Gasteiger partial charge in [0.2, 0.25) is 5.13 Å². The number of nitrogens with one attached hydrogen (secondary N) is 1. The first-order chi connectivity index (χ1) is 15.1. The average Bonchev–Trinajstić information content (AvgIpc) is 3.52. The maximum atomic E-state index is 9.11. The number of nitriles is 1. The van der Waals surface area contributed by atoms with Gasteiger partial charge in [-0.1, -0.05) is 11.3 Å². The van der Waals surface area contributed by atoms with E-state index >= 15 is 0 Å². The molecule has 5 heterocycles. The van der Waals surface area contributed by atoms with Crippen molar-refractivity contribution >= 4 is 22.5 Å². The quantitative estimate of drug-likeness (QED) is 0.447. The van der Waals surface area contributed by atoms with Crippen LogP contribution in [0.1, 0.15) is 19.4 Å². The second-order valence-corrected chi connectivity index (χ2v) is 8.26. The molecular weight excluding hydrogens is 408 g/mol. The number of rotatable bonds is 5. The normalized spacial score (nSPS) is 11.2. The summed E-state index contributed by atoms with van der Waals surface area (Å²) in [4.78, 5) is 4.70. The van der Waals surface area contributed by atoms with E-state index < -0.39 is 0 Å². The van der Waals surface area contributed by atoms with E-state index in [0.29, 0.717) is 5.56 Å². The van der Waals surface area contributed by atoms with Gasteiger partial charge in [0.05, 0.1) is 34.2 Å². The molecule has 0 fully saturated rings.